The number of carbonyl (C=O) groups excluding carboxylic acids is 1. The number of rotatable bonds is 6. The van der Waals surface area contributed by atoms with Crippen LogP contribution in [0, 0.1) is 11.6 Å². The molecular formula is C17H22F2N2O3. The van der Waals surface area contributed by atoms with E-state index in [4.69, 9.17) is 4.74 Å². The lowest BCUT2D eigenvalue weighted by Crippen LogP contribution is -2.44. The average Bonchev–Trinajstić information content (AvgIpc) is 2.55. The molecule has 1 aromatic carbocycles. The van der Waals surface area contributed by atoms with Gasteiger partial charge in [0.15, 0.2) is 0 Å². The van der Waals surface area contributed by atoms with Crippen LogP contribution in [-0.2, 0) is 9.53 Å². The first kappa shape index (κ1) is 18.5. The number of aliphatic hydroxyl groups excluding tert-OH is 1. The molecule has 1 aliphatic rings. The van der Waals surface area contributed by atoms with Crippen molar-refractivity contribution in [3.8, 4) is 0 Å². The Morgan fingerprint density at radius 2 is 2.00 bits per heavy atom. The molecule has 0 spiro atoms. The number of carbonyl (C=O) groups is 1. The van der Waals surface area contributed by atoms with Crippen LogP contribution in [0.3, 0.4) is 0 Å². The maximum Gasteiger partial charge on any atom is 0.246 e. The SMILES string of the molecule is CN(CC(O)CN1CCOCC1)C(=O)C=Cc1c(F)cccc1F. The van der Waals surface area contributed by atoms with Crippen molar-refractivity contribution >= 4 is 12.0 Å². The normalized spacial score (nSPS) is 17.2. The number of benzene rings is 1. The van der Waals surface area contributed by atoms with E-state index in [0.29, 0.717) is 19.8 Å². The molecule has 2 rings (SSSR count). The van der Waals surface area contributed by atoms with Crippen LogP contribution < -0.4 is 0 Å². The van der Waals surface area contributed by atoms with Gasteiger partial charge in [0.1, 0.15) is 11.6 Å². The summed E-state index contributed by atoms with van der Waals surface area (Å²) in [6, 6.07) is 3.52. The topological polar surface area (TPSA) is 53.0 Å². The number of morpholine rings is 1. The summed E-state index contributed by atoms with van der Waals surface area (Å²) in [7, 11) is 1.53. The standard InChI is InChI=1S/C17H22F2N2O3/c1-20(11-13(22)12-21-7-9-24-10-8-21)17(23)6-5-14-15(18)3-2-4-16(14)19/h2-6,13,22H,7-12H2,1H3. The Balaban J connectivity index is 1.86. The number of amides is 1. The van der Waals surface area contributed by atoms with Gasteiger partial charge in [-0.3, -0.25) is 9.69 Å². The van der Waals surface area contributed by atoms with E-state index in [-0.39, 0.29) is 12.1 Å². The van der Waals surface area contributed by atoms with E-state index >= 15 is 0 Å². The highest BCUT2D eigenvalue weighted by Gasteiger charge is 2.17. The van der Waals surface area contributed by atoms with Crippen LogP contribution in [-0.4, -0.2) is 73.4 Å². The third kappa shape index (κ3) is 5.36. The highest BCUT2D eigenvalue weighted by Crippen LogP contribution is 2.13. The molecule has 1 saturated heterocycles. The van der Waals surface area contributed by atoms with Crippen molar-refractivity contribution in [1.82, 2.24) is 9.80 Å². The second-order valence-electron chi connectivity index (χ2n) is 5.75. The van der Waals surface area contributed by atoms with Crippen molar-refractivity contribution in [3.05, 3.63) is 41.5 Å². The van der Waals surface area contributed by atoms with E-state index in [0.717, 1.165) is 37.4 Å². The molecule has 0 aliphatic carbocycles. The quantitative estimate of drug-likeness (QED) is 0.789. The van der Waals surface area contributed by atoms with Crippen LogP contribution in [0.5, 0.6) is 0 Å². The summed E-state index contributed by atoms with van der Waals surface area (Å²) in [5.41, 5.74) is -0.256. The zero-order valence-electron chi connectivity index (χ0n) is 13.6. The predicted octanol–water partition coefficient (Wildman–Crippen LogP) is 1.13. The zero-order chi connectivity index (χ0) is 17.5. The average molecular weight is 340 g/mol. The minimum atomic E-state index is -0.728. The van der Waals surface area contributed by atoms with Gasteiger partial charge in [0, 0.05) is 44.9 Å². The number of likely N-dealkylation sites (N-methyl/N-ethyl adjacent to an activating group) is 1. The lowest BCUT2D eigenvalue weighted by atomic mass is 10.2. The van der Waals surface area contributed by atoms with E-state index in [1.165, 1.54) is 18.0 Å². The Bertz CT molecular complexity index is 569. The molecule has 1 unspecified atom stereocenters. The van der Waals surface area contributed by atoms with Gasteiger partial charge in [-0.05, 0) is 18.2 Å². The predicted molar refractivity (Wildman–Crippen MR) is 86.3 cm³/mol. The third-order valence-corrected chi connectivity index (χ3v) is 3.83. The monoisotopic (exact) mass is 340 g/mol. The van der Waals surface area contributed by atoms with Gasteiger partial charge in [-0.25, -0.2) is 8.78 Å². The molecule has 0 aromatic heterocycles. The van der Waals surface area contributed by atoms with Crippen LogP contribution in [0.1, 0.15) is 5.56 Å². The fourth-order valence-electron chi connectivity index (χ4n) is 2.50. The highest BCUT2D eigenvalue weighted by atomic mass is 19.1. The minimum absolute atomic E-state index is 0.139. The third-order valence-electron chi connectivity index (χ3n) is 3.83. The largest absolute Gasteiger partial charge is 0.390 e. The number of β-amino-alcohol motifs (C(OH)–C–C–N with tert-alkyl or cyclic N) is 1. The van der Waals surface area contributed by atoms with Gasteiger partial charge in [-0.1, -0.05) is 6.07 Å². The Hall–Kier alpha value is -1.83. The van der Waals surface area contributed by atoms with Gasteiger partial charge in [0.2, 0.25) is 5.91 Å². The molecule has 132 valence electrons. The number of nitrogens with zero attached hydrogens (tertiary/aromatic N) is 2. The first-order chi connectivity index (χ1) is 11.5. The van der Waals surface area contributed by atoms with Crippen LogP contribution >= 0.6 is 0 Å². The van der Waals surface area contributed by atoms with E-state index in [2.05, 4.69) is 4.90 Å². The molecule has 24 heavy (non-hydrogen) atoms. The van der Waals surface area contributed by atoms with Crippen LogP contribution in [0.15, 0.2) is 24.3 Å². The molecule has 1 fully saturated rings. The lowest BCUT2D eigenvalue weighted by Gasteiger charge is -2.29. The Kier molecular flexibility index (Phi) is 6.84. The van der Waals surface area contributed by atoms with Gasteiger partial charge in [-0.2, -0.15) is 0 Å². The van der Waals surface area contributed by atoms with E-state index in [9.17, 15) is 18.7 Å². The number of hydrogen-bond acceptors (Lipinski definition) is 4. The Morgan fingerprint density at radius 1 is 1.38 bits per heavy atom. The van der Waals surface area contributed by atoms with Crippen LogP contribution in [0.2, 0.25) is 0 Å². The maximum absolute atomic E-state index is 13.5. The van der Waals surface area contributed by atoms with Gasteiger partial charge in [0.25, 0.3) is 0 Å². The maximum atomic E-state index is 13.5. The fourth-order valence-corrected chi connectivity index (χ4v) is 2.50. The summed E-state index contributed by atoms with van der Waals surface area (Å²) in [6.45, 7) is 3.37. The number of halogens is 2. The molecule has 0 bridgehead atoms. The molecule has 1 aromatic rings. The van der Waals surface area contributed by atoms with Crippen molar-refractivity contribution in [1.29, 1.82) is 0 Å². The van der Waals surface area contributed by atoms with E-state index < -0.39 is 23.6 Å². The first-order valence-corrected chi connectivity index (χ1v) is 7.82. The molecule has 0 radical (unpaired) electrons. The highest BCUT2D eigenvalue weighted by molar-refractivity contribution is 5.91. The second kappa shape index (κ2) is 8.86. The molecule has 1 atom stereocenters. The van der Waals surface area contributed by atoms with E-state index in [1.807, 2.05) is 0 Å². The number of hydrogen-bond donors (Lipinski definition) is 1. The van der Waals surface area contributed by atoms with Crippen LogP contribution in [0.4, 0.5) is 8.78 Å². The van der Waals surface area contributed by atoms with Crippen molar-refractivity contribution in [2.24, 2.45) is 0 Å². The lowest BCUT2D eigenvalue weighted by molar-refractivity contribution is -0.126. The molecular weight excluding hydrogens is 318 g/mol. The first-order valence-electron chi connectivity index (χ1n) is 7.82. The van der Waals surface area contributed by atoms with E-state index in [1.54, 1.807) is 0 Å². The summed E-state index contributed by atoms with van der Waals surface area (Å²) in [4.78, 5) is 15.4. The van der Waals surface area contributed by atoms with Crippen molar-refractivity contribution in [2.75, 3.05) is 46.4 Å². The zero-order valence-corrected chi connectivity index (χ0v) is 13.6. The Morgan fingerprint density at radius 3 is 2.62 bits per heavy atom. The van der Waals surface area contributed by atoms with Crippen molar-refractivity contribution in [2.45, 2.75) is 6.10 Å². The fraction of sp³-hybridized carbons (Fsp3) is 0.471. The van der Waals surface area contributed by atoms with Gasteiger partial charge in [-0.15, -0.1) is 0 Å². The Labute approximate surface area is 140 Å². The summed E-state index contributed by atoms with van der Waals surface area (Å²) in [5.74, 6) is -1.89. The molecule has 7 heteroatoms. The molecule has 1 aliphatic heterocycles. The smallest absolute Gasteiger partial charge is 0.246 e. The minimum Gasteiger partial charge on any atom is -0.390 e. The van der Waals surface area contributed by atoms with Crippen LogP contribution in [0.25, 0.3) is 6.08 Å². The summed E-state index contributed by atoms with van der Waals surface area (Å²) in [6.07, 6.45) is 1.51. The molecule has 5 nitrogen and oxygen atoms in total. The van der Waals surface area contributed by atoms with Gasteiger partial charge < -0.3 is 14.7 Å². The molecule has 1 N–H and O–H groups in total. The summed E-state index contributed by atoms with van der Waals surface area (Å²) >= 11 is 0. The molecule has 0 saturated carbocycles. The number of ether oxygens (including phenoxy) is 1. The van der Waals surface area contributed by atoms with Crippen molar-refractivity contribution < 1.29 is 23.4 Å². The van der Waals surface area contributed by atoms with Crippen molar-refractivity contribution in [3.63, 3.8) is 0 Å². The summed E-state index contributed by atoms with van der Waals surface area (Å²) < 4.78 is 32.2. The second-order valence-corrected chi connectivity index (χ2v) is 5.75. The molecule has 1 heterocycles. The number of aliphatic hydroxyl groups is 1. The van der Waals surface area contributed by atoms with Gasteiger partial charge >= 0.3 is 0 Å². The summed E-state index contributed by atoms with van der Waals surface area (Å²) in [5, 5.41) is 10.1. The molecule has 1 amide bonds. The van der Waals surface area contributed by atoms with Gasteiger partial charge in [0.05, 0.1) is 19.3 Å².